The molecule has 0 fully saturated rings. The number of hydrogen-bond acceptors (Lipinski definition) is 6. The molecular weight excluding hydrogens is 396 g/mol. The molecule has 4 rings (SSSR count). The van der Waals surface area contributed by atoms with E-state index in [2.05, 4.69) is 51.9 Å². The molecule has 2 heterocycles. The second-order valence-electron chi connectivity index (χ2n) is 6.15. The van der Waals surface area contributed by atoms with Crippen LogP contribution in [0.3, 0.4) is 0 Å². The number of aryl methyl sites for hydroxylation is 1. The zero-order chi connectivity index (χ0) is 19.7. The average molecular weight is 411 g/mol. The molecule has 6 nitrogen and oxygen atoms in total. The highest BCUT2D eigenvalue weighted by atomic mass is 35.5. The summed E-state index contributed by atoms with van der Waals surface area (Å²) >= 11 is 7.77. The molecule has 2 aromatic heterocycles. The van der Waals surface area contributed by atoms with E-state index in [1.807, 2.05) is 0 Å². The topological polar surface area (TPSA) is 81.0 Å². The van der Waals surface area contributed by atoms with Gasteiger partial charge in [0, 0.05) is 23.1 Å². The molecule has 0 aliphatic rings. The highest BCUT2D eigenvalue weighted by Gasteiger charge is 2.15. The van der Waals surface area contributed by atoms with E-state index in [4.69, 9.17) is 11.6 Å². The van der Waals surface area contributed by atoms with Gasteiger partial charge in [0.05, 0.1) is 21.0 Å². The quantitative estimate of drug-likeness (QED) is 0.311. The van der Waals surface area contributed by atoms with Gasteiger partial charge in [0.25, 0.3) is 5.69 Å². The number of nitro groups is 1. The monoisotopic (exact) mass is 410 g/mol. The number of aromatic nitrogens is 2. The lowest BCUT2D eigenvalue weighted by Crippen LogP contribution is -1.97. The molecule has 140 valence electrons. The summed E-state index contributed by atoms with van der Waals surface area (Å²) in [6.45, 7) is 2.12. The Hall–Kier alpha value is -3.03. The van der Waals surface area contributed by atoms with Gasteiger partial charge in [0.15, 0.2) is 0 Å². The number of rotatable bonds is 5. The van der Waals surface area contributed by atoms with Gasteiger partial charge in [-0.25, -0.2) is 9.97 Å². The van der Waals surface area contributed by atoms with Crippen LogP contribution in [0.2, 0.25) is 5.02 Å². The fourth-order valence-electron chi connectivity index (χ4n) is 2.95. The van der Waals surface area contributed by atoms with Crippen LogP contribution >= 0.6 is 22.9 Å². The zero-order valence-electron chi connectivity index (χ0n) is 14.8. The van der Waals surface area contributed by atoms with E-state index in [-0.39, 0.29) is 10.7 Å². The van der Waals surface area contributed by atoms with Gasteiger partial charge in [-0.3, -0.25) is 10.1 Å². The summed E-state index contributed by atoms with van der Waals surface area (Å²) in [6.07, 6.45) is 2.48. The fourth-order valence-corrected chi connectivity index (χ4v) is 4.09. The standard InChI is InChI=1S/C20H15ClN4O2S/c1-2-12-3-5-13(6-4-12)15-10-28-20-18(15)19(22-11-23-20)24-17-8-7-14(25(26)27)9-16(17)21/h3-11H,2H2,1H3,(H,22,23,24). The molecule has 0 aliphatic heterocycles. The maximum atomic E-state index is 10.9. The van der Waals surface area contributed by atoms with Crippen LogP contribution in [-0.4, -0.2) is 14.9 Å². The van der Waals surface area contributed by atoms with Crippen LogP contribution in [0.5, 0.6) is 0 Å². The highest BCUT2D eigenvalue weighted by molar-refractivity contribution is 7.17. The first-order chi connectivity index (χ1) is 13.6. The summed E-state index contributed by atoms with van der Waals surface area (Å²) in [6, 6.07) is 12.7. The Balaban J connectivity index is 1.77. The molecular formula is C20H15ClN4O2S. The van der Waals surface area contributed by atoms with Crippen molar-refractivity contribution >= 4 is 50.3 Å². The third-order valence-electron chi connectivity index (χ3n) is 4.46. The number of benzene rings is 2. The van der Waals surface area contributed by atoms with Gasteiger partial charge < -0.3 is 5.32 Å². The first kappa shape index (κ1) is 18.3. The Bertz CT molecular complexity index is 1170. The summed E-state index contributed by atoms with van der Waals surface area (Å²) in [5.74, 6) is 0.608. The van der Waals surface area contributed by atoms with Crippen molar-refractivity contribution in [3.8, 4) is 11.1 Å². The van der Waals surface area contributed by atoms with Crippen molar-refractivity contribution < 1.29 is 4.92 Å². The Morgan fingerprint density at radius 1 is 1.18 bits per heavy atom. The van der Waals surface area contributed by atoms with Crippen molar-refractivity contribution in [1.29, 1.82) is 0 Å². The van der Waals surface area contributed by atoms with Gasteiger partial charge in [-0.1, -0.05) is 42.8 Å². The van der Waals surface area contributed by atoms with Crippen molar-refractivity contribution in [3.05, 3.63) is 74.9 Å². The number of fused-ring (bicyclic) bond motifs is 1. The Morgan fingerprint density at radius 2 is 1.96 bits per heavy atom. The maximum Gasteiger partial charge on any atom is 0.271 e. The smallest absolute Gasteiger partial charge is 0.271 e. The minimum atomic E-state index is -0.477. The van der Waals surface area contributed by atoms with Crippen LogP contribution < -0.4 is 5.32 Å². The lowest BCUT2D eigenvalue weighted by Gasteiger charge is -2.10. The number of halogens is 1. The largest absolute Gasteiger partial charge is 0.338 e. The van der Waals surface area contributed by atoms with Crippen LogP contribution in [-0.2, 0) is 6.42 Å². The van der Waals surface area contributed by atoms with E-state index in [1.54, 1.807) is 17.4 Å². The third-order valence-corrected chi connectivity index (χ3v) is 5.66. The number of nitrogens with one attached hydrogen (secondary N) is 1. The van der Waals surface area contributed by atoms with Crippen LogP contribution in [0.15, 0.2) is 54.2 Å². The summed E-state index contributed by atoms with van der Waals surface area (Å²) in [4.78, 5) is 20.0. The first-order valence-electron chi connectivity index (χ1n) is 8.59. The number of anilines is 2. The summed E-state index contributed by atoms with van der Waals surface area (Å²) in [5.41, 5.74) is 3.87. The average Bonchev–Trinajstić information content (AvgIpc) is 3.14. The minimum Gasteiger partial charge on any atom is -0.338 e. The Labute approximate surface area is 170 Å². The van der Waals surface area contributed by atoms with Crippen molar-refractivity contribution in [1.82, 2.24) is 9.97 Å². The SMILES string of the molecule is CCc1ccc(-c2csc3ncnc(Nc4ccc([N+](=O)[O-])cc4Cl)c23)cc1. The molecule has 0 unspecified atom stereocenters. The van der Waals surface area contributed by atoms with E-state index in [0.717, 1.165) is 27.8 Å². The number of thiophene rings is 1. The van der Waals surface area contributed by atoms with Gasteiger partial charge >= 0.3 is 0 Å². The van der Waals surface area contributed by atoms with E-state index in [1.165, 1.54) is 24.0 Å². The summed E-state index contributed by atoms with van der Waals surface area (Å²) < 4.78 is 0. The molecule has 0 radical (unpaired) electrons. The molecule has 8 heteroatoms. The molecule has 0 spiro atoms. The van der Waals surface area contributed by atoms with Crippen LogP contribution in [0.1, 0.15) is 12.5 Å². The Kier molecular flexibility index (Phi) is 4.93. The first-order valence-corrected chi connectivity index (χ1v) is 9.85. The lowest BCUT2D eigenvalue weighted by molar-refractivity contribution is -0.384. The lowest BCUT2D eigenvalue weighted by atomic mass is 10.0. The van der Waals surface area contributed by atoms with Crippen molar-refractivity contribution in [2.75, 3.05) is 5.32 Å². The molecule has 0 atom stereocenters. The maximum absolute atomic E-state index is 10.9. The summed E-state index contributed by atoms with van der Waals surface area (Å²) in [7, 11) is 0. The predicted octanol–water partition coefficient (Wildman–Crippen LogP) is 6.23. The predicted molar refractivity (Wildman–Crippen MR) is 114 cm³/mol. The van der Waals surface area contributed by atoms with Gasteiger partial charge in [-0.2, -0.15) is 0 Å². The van der Waals surface area contributed by atoms with Crippen LogP contribution in [0, 0.1) is 10.1 Å². The zero-order valence-corrected chi connectivity index (χ0v) is 16.4. The van der Waals surface area contributed by atoms with E-state index >= 15 is 0 Å². The number of nitrogens with zero attached hydrogens (tertiary/aromatic N) is 3. The second kappa shape index (κ2) is 7.53. The van der Waals surface area contributed by atoms with Crippen molar-refractivity contribution in [2.45, 2.75) is 13.3 Å². The van der Waals surface area contributed by atoms with Gasteiger partial charge in [-0.05, 0) is 23.6 Å². The molecule has 1 N–H and O–H groups in total. The number of non-ortho nitro benzene ring substituents is 1. The van der Waals surface area contributed by atoms with Crippen molar-refractivity contribution in [3.63, 3.8) is 0 Å². The number of hydrogen-bond donors (Lipinski definition) is 1. The molecule has 0 amide bonds. The molecule has 28 heavy (non-hydrogen) atoms. The van der Waals surface area contributed by atoms with Gasteiger partial charge in [0.2, 0.25) is 0 Å². The molecule has 0 saturated heterocycles. The van der Waals surface area contributed by atoms with Gasteiger partial charge in [-0.15, -0.1) is 11.3 Å². The molecule has 0 aliphatic carbocycles. The third kappa shape index (κ3) is 3.42. The highest BCUT2D eigenvalue weighted by Crippen LogP contribution is 2.38. The van der Waals surface area contributed by atoms with Crippen LogP contribution in [0.4, 0.5) is 17.2 Å². The number of nitro benzene ring substituents is 1. The molecule has 2 aromatic carbocycles. The van der Waals surface area contributed by atoms with E-state index < -0.39 is 4.92 Å². The molecule has 4 aromatic rings. The fraction of sp³-hybridized carbons (Fsp3) is 0.100. The normalized spacial score (nSPS) is 10.9. The van der Waals surface area contributed by atoms with Crippen molar-refractivity contribution in [2.24, 2.45) is 0 Å². The van der Waals surface area contributed by atoms with E-state index in [9.17, 15) is 10.1 Å². The van der Waals surface area contributed by atoms with Gasteiger partial charge in [0.1, 0.15) is 17.0 Å². The molecule has 0 bridgehead atoms. The minimum absolute atomic E-state index is 0.0596. The van der Waals surface area contributed by atoms with E-state index in [0.29, 0.717) is 11.5 Å². The van der Waals surface area contributed by atoms with Crippen LogP contribution in [0.25, 0.3) is 21.3 Å². The second-order valence-corrected chi connectivity index (χ2v) is 7.41. The Morgan fingerprint density at radius 3 is 2.64 bits per heavy atom. The summed E-state index contributed by atoms with van der Waals surface area (Å²) in [5, 5.41) is 17.3. The molecule has 0 saturated carbocycles.